The summed E-state index contributed by atoms with van der Waals surface area (Å²) in [5.74, 6) is 0.581. The molecule has 0 spiro atoms. The predicted molar refractivity (Wildman–Crippen MR) is 107 cm³/mol. The zero-order valence-electron chi connectivity index (χ0n) is 14.9. The van der Waals surface area contributed by atoms with Gasteiger partial charge in [0.15, 0.2) is 0 Å². The van der Waals surface area contributed by atoms with Crippen molar-refractivity contribution in [1.29, 1.82) is 0 Å². The van der Waals surface area contributed by atoms with Gasteiger partial charge >= 0.3 is 0 Å². The molecule has 140 valence electrons. The van der Waals surface area contributed by atoms with Crippen molar-refractivity contribution in [1.82, 2.24) is 15.0 Å². The van der Waals surface area contributed by atoms with Crippen molar-refractivity contribution in [2.75, 3.05) is 11.8 Å². The van der Waals surface area contributed by atoms with E-state index in [-0.39, 0.29) is 4.90 Å². The van der Waals surface area contributed by atoms with Crippen molar-refractivity contribution in [3.63, 3.8) is 0 Å². The van der Waals surface area contributed by atoms with Crippen LogP contribution in [0.3, 0.4) is 0 Å². The third kappa shape index (κ3) is 3.49. The number of para-hydroxylation sites is 1. The van der Waals surface area contributed by atoms with Gasteiger partial charge in [0.2, 0.25) is 0 Å². The molecule has 4 rings (SSSR count). The SMILES string of the molecule is COc1ccc(S(=O)(=O)Nc2cccc3ncc(-c4ccncc4)nc23)cc1. The molecule has 2 aromatic carbocycles. The summed E-state index contributed by atoms with van der Waals surface area (Å²) in [5, 5.41) is 0. The second kappa shape index (κ2) is 7.24. The summed E-state index contributed by atoms with van der Waals surface area (Å²) in [6.45, 7) is 0. The van der Waals surface area contributed by atoms with Gasteiger partial charge in [-0.1, -0.05) is 6.07 Å². The Labute approximate surface area is 162 Å². The van der Waals surface area contributed by atoms with Gasteiger partial charge in [-0.15, -0.1) is 0 Å². The van der Waals surface area contributed by atoms with Crippen LogP contribution in [0.25, 0.3) is 22.3 Å². The first-order chi connectivity index (χ1) is 13.6. The number of methoxy groups -OCH3 is 1. The van der Waals surface area contributed by atoms with Crippen LogP contribution in [0.15, 0.2) is 78.1 Å². The van der Waals surface area contributed by atoms with Crippen molar-refractivity contribution < 1.29 is 13.2 Å². The van der Waals surface area contributed by atoms with Gasteiger partial charge in [0.1, 0.15) is 11.3 Å². The molecular formula is C20H16N4O3S. The maximum Gasteiger partial charge on any atom is 0.261 e. The number of nitrogens with one attached hydrogen (secondary N) is 1. The third-order valence-corrected chi connectivity index (χ3v) is 5.54. The second-order valence-electron chi connectivity index (χ2n) is 5.95. The minimum Gasteiger partial charge on any atom is -0.497 e. The Kier molecular flexibility index (Phi) is 4.62. The molecule has 0 bridgehead atoms. The van der Waals surface area contributed by atoms with E-state index >= 15 is 0 Å². The number of nitrogens with zero attached hydrogens (tertiary/aromatic N) is 3. The monoisotopic (exact) mass is 392 g/mol. The average molecular weight is 392 g/mol. The van der Waals surface area contributed by atoms with Gasteiger partial charge in [0.05, 0.1) is 35.1 Å². The molecule has 0 atom stereocenters. The summed E-state index contributed by atoms with van der Waals surface area (Å²) >= 11 is 0. The molecule has 7 nitrogen and oxygen atoms in total. The highest BCUT2D eigenvalue weighted by Crippen LogP contribution is 2.26. The van der Waals surface area contributed by atoms with Crippen LogP contribution < -0.4 is 9.46 Å². The largest absolute Gasteiger partial charge is 0.497 e. The van der Waals surface area contributed by atoms with E-state index in [9.17, 15) is 8.42 Å². The topological polar surface area (TPSA) is 94.1 Å². The quantitative estimate of drug-likeness (QED) is 0.559. The minimum absolute atomic E-state index is 0.128. The highest BCUT2D eigenvalue weighted by molar-refractivity contribution is 7.92. The number of benzene rings is 2. The summed E-state index contributed by atoms with van der Waals surface area (Å²) in [5.41, 5.74) is 2.89. The lowest BCUT2D eigenvalue weighted by Crippen LogP contribution is -2.13. The Morgan fingerprint density at radius 1 is 0.964 bits per heavy atom. The first kappa shape index (κ1) is 17.9. The van der Waals surface area contributed by atoms with Crippen molar-refractivity contribution >= 4 is 26.7 Å². The van der Waals surface area contributed by atoms with Gasteiger partial charge in [0, 0.05) is 18.0 Å². The molecule has 2 aromatic heterocycles. The molecule has 0 saturated carbocycles. The Hall–Kier alpha value is -3.52. The Morgan fingerprint density at radius 3 is 2.43 bits per heavy atom. The zero-order valence-corrected chi connectivity index (χ0v) is 15.7. The number of hydrogen-bond donors (Lipinski definition) is 1. The molecule has 0 radical (unpaired) electrons. The van der Waals surface area contributed by atoms with Crippen LogP contribution in [0.2, 0.25) is 0 Å². The molecule has 2 heterocycles. The van der Waals surface area contributed by atoms with Gasteiger partial charge in [-0.05, 0) is 48.5 Å². The van der Waals surface area contributed by atoms with Crippen LogP contribution in [0, 0.1) is 0 Å². The first-order valence-electron chi connectivity index (χ1n) is 8.40. The number of aromatic nitrogens is 3. The summed E-state index contributed by atoms with van der Waals surface area (Å²) in [4.78, 5) is 13.1. The van der Waals surface area contributed by atoms with Gasteiger partial charge < -0.3 is 4.74 Å². The molecule has 0 fully saturated rings. The molecule has 28 heavy (non-hydrogen) atoms. The van der Waals surface area contributed by atoms with E-state index < -0.39 is 10.0 Å². The molecular weight excluding hydrogens is 376 g/mol. The number of ether oxygens (including phenoxy) is 1. The highest BCUT2D eigenvalue weighted by Gasteiger charge is 2.17. The van der Waals surface area contributed by atoms with E-state index in [1.807, 2.05) is 12.1 Å². The Balaban J connectivity index is 1.75. The second-order valence-corrected chi connectivity index (χ2v) is 7.63. The Bertz CT molecular complexity index is 1230. The molecule has 1 N–H and O–H groups in total. The average Bonchev–Trinajstić information content (AvgIpc) is 2.74. The molecule has 4 aromatic rings. The van der Waals surface area contributed by atoms with Crippen LogP contribution >= 0.6 is 0 Å². The van der Waals surface area contributed by atoms with Crippen molar-refractivity contribution in [3.8, 4) is 17.0 Å². The standard InChI is InChI=1S/C20H16N4O3S/c1-27-15-5-7-16(8-6-15)28(25,26)24-18-4-2-3-17-20(18)23-19(13-22-17)14-9-11-21-12-10-14/h2-13,24H,1H3. The van der Waals surface area contributed by atoms with Crippen LogP contribution in [-0.4, -0.2) is 30.5 Å². The third-order valence-electron chi connectivity index (χ3n) is 4.16. The molecule has 8 heteroatoms. The van der Waals surface area contributed by atoms with E-state index in [1.54, 1.807) is 48.9 Å². The fourth-order valence-corrected chi connectivity index (χ4v) is 3.80. The van der Waals surface area contributed by atoms with Gasteiger partial charge in [-0.25, -0.2) is 13.4 Å². The number of pyridine rings is 1. The van der Waals surface area contributed by atoms with Gasteiger partial charge in [-0.3, -0.25) is 14.7 Å². The van der Waals surface area contributed by atoms with Gasteiger partial charge in [0.25, 0.3) is 10.0 Å². The highest BCUT2D eigenvalue weighted by atomic mass is 32.2. The van der Waals surface area contributed by atoms with Crippen LogP contribution in [0.5, 0.6) is 5.75 Å². The van der Waals surface area contributed by atoms with Crippen molar-refractivity contribution in [3.05, 3.63) is 73.2 Å². The number of anilines is 1. The van der Waals surface area contributed by atoms with Crippen LogP contribution in [0.4, 0.5) is 5.69 Å². The fraction of sp³-hybridized carbons (Fsp3) is 0.0500. The number of fused-ring (bicyclic) bond motifs is 1. The molecule has 0 saturated heterocycles. The predicted octanol–water partition coefficient (Wildman–Crippen LogP) is 3.50. The molecule has 0 amide bonds. The van der Waals surface area contributed by atoms with E-state index in [4.69, 9.17) is 4.74 Å². The molecule has 0 aliphatic carbocycles. The molecule has 0 aliphatic heterocycles. The fourth-order valence-electron chi connectivity index (χ4n) is 2.74. The number of rotatable bonds is 5. The van der Waals surface area contributed by atoms with E-state index in [0.717, 1.165) is 5.56 Å². The first-order valence-corrected chi connectivity index (χ1v) is 9.88. The summed E-state index contributed by atoms with van der Waals surface area (Å²) in [6.07, 6.45) is 4.98. The van der Waals surface area contributed by atoms with Crippen molar-refractivity contribution in [2.45, 2.75) is 4.90 Å². The maximum atomic E-state index is 12.8. The Morgan fingerprint density at radius 2 is 1.71 bits per heavy atom. The maximum absolute atomic E-state index is 12.8. The van der Waals surface area contributed by atoms with E-state index in [0.29, 0.717) is 28.2 Å². The lowest BCUT2D eigenvalue weighted by atomic mass is 10.2. The minimum atomic E-state index is -3.79. The zero-order chi connectivity index (χ0) is 19.6. The summed E-state index contributed by atoms with van der Waals surface area (Å²) < 4.78 is 33.3. The normalized spacial score (nSPS) is 11.3. The smallest absolute Gasteiger partial charge is 0.261 e. The van der Waals surface area contributed by atoms with Crippen LogP contribution in [0.1, 0.15) is 0 Å². The number of hydrogen-bond acceptors (Lipinski definition) is 6. The lowest BCUT2D eigenvalue weighted by Gasteiger charge is -2.11. The molecule has 0 aliphatic rings. The van der Waals surface area contributed by atoms with Gasteiger partial charge in [-0.2, -0.15) is 0 Å². The van der Waals surface area contributed by atoms with Crippen LogP contribution in [-0.2, 0) is 10.0 Å². The number of sulfonamides is 1. The van der Waals surface area contributed by atoms with Crippen molar-refractivity contribution in [2.24, 2.45) is 0 Å². The summed E-state index contributed by atoms with van der Waals surface area (Å²) in [6, 6.07) is 15.0. The summed E-state index contributed by atoms with van der Waals surface area (Å²) in [7, 11) is -2.27. The van der Waals surface area contributed by atoms with E-state index in [2.05, 4.69) is 19.7 Å². The molecule has 0 unspecified atom stereocenters. The lowest BCUT2D eigenvalue weighted by molar-refractivity contribution is 0.414. The van der Waals surface area contributed by atoms with E-state index in [1.165, 1.54) is 19.2 Å².